The van der Waals surface area contributed by atoms with Gasteiger partial charge in [0.05, 0.1) is 11.4 Å². The van der Waals surface area contributed by atoms with Gasteiger partial charge in [-0.1, -0.05) is 23.4 Å². The molecule has 0 saturated heterocycles. The minimum atomic E-state index is -0.255. The van der Waals surface area contributed by atoms with E-state index in [1.165, 1.54) is 12.0 Å². The molecule has 0 atom stereocenters. The molecule has 0 N–H and O–H groups in total. The molecular weight excluding hydrogens is 256 g/mol. The van der Waals surface area contributed by atoms with E-state index in [1.54, 1.807) is 26.0 Å². The molecule has 0 aliphatic carbocycles. The van der Waals surface area contributed by atoms with Crippen LogP contribution in [0.25, 0.3) is 0 Å². The molecule has 0 aliphatic rings. The van der Waals surface area contributed by atoms with Crippen LogP contribution in [0.15, 0.2) is 40.6 Å². The number of para-hydroxylation sites is 1. The largest absolute Gasteiger partial charge is 0.398 e. The number of oxime groups is 1. The number of hydrogen-bond donors (Lipinski definition) is 0. The van der Waals surface area contributed by atoms with Gasteiger partial charge in [0, 0.05) is 21.1 Å². The molecule has 6 nitrogen and oxygen atoms in total. The highest BCUT2D eigenvalue weighted by Crippen LogP contribution is 2.11. The van der Waals surface area contributed by atoms with Crippen LogP contribution >= 0.6 is 0 Å². The predicted octanol–water partition coefficient (Wildman–Crippen LogP) is 1.59. The van der Waals surface area contributed by atoms with Gasteiger partial charge in [0.2, 0.25) is 0 Å². The zero-order chi connectivity index (χ0) is 15.1. The Balaban J connectivity index is 3.01. The van der Waals surface area contributed by atoms with Crippen LogP contribution in [-0.2, 0) is 9.63 Å². The molecule has 0 radical (unpaired) electrons. The summed E-state index contributed by atoms with van der Waals surface area (Å²) >= 11 is 0. The Morgan fingerprint density at radius 3 is 2.25 bits per heavy atom. The van der Waals surface area contributed by atoms with Crippen molar-refractivity contribution in [3.63, 3.8) is 0 Å². The third-order valence-electron chi connectivity index (χ3n) is 2.56. The summed E-state index contributed by atoms with van der Waals surface area (Å²) in [6.07, 6.45) is 0. The van der Waals surface area contributed by atoms with Gasteiger partial charge in [0.15, 0.2) is 5.71 Å². The third-order valence-corrected chi connectivity index (χ3v) is 2.56. The normalized spacial score (nSPS) is 12.1. The summed E-state index contributed by atoms with van der Waals surface area (Å²) in [6.45, 7) is 1.72. The van der Waals surface area contributed by atoms with Gasteiger partial charge in [0.25, 0.3) is 5.91 Å². The number of rotatable bonds is 5. The maximum Gasteiger partial charge on any atom is 0.277 e. The lowest BCUT2D eigenvalue weighted by molar-refractivity contribution is -0.121. The van der Waals surface area contributed by atoms with Gasteiger partial charge < -0.3 is 9.74 Å². The first-order chi connectivity index (χ1) is 9.47. The van der Waals surface area contributed by atoms with E-state index in [0.29, 0.717) is 5.71 Å². The number of nitrogens with zero attached hydrogens (tertiary/aromatic N) is 4. The zero-order valence-corrected chi connectivity index (χ0v) is 12.5. The Bertz CT molecular complexity index is 509. The second-order valence-electron chi connectivity index (χ2n) is 4.37. The first-order valence-corrected chi connectivity index (χ1v) is 6.14. The number of anilines is 1. The van der Waals surface area contributed by atoms with Crippen LogP contribution in [-0.4, -0.2) is 50.5 Å². The molecule has 0 unspecified atom stereocenters. The quantitative estimate of drug-likeness (QED) is 0.606. The number of hydrogen-bond acceptors (Lipinski definition) is 5. The Labute approximate surface area is 119 Å². The van der Waals surface area contributed by atoms with Crippen LogP contribution in [0.5, 0.6) is 0 Å². The summed E-state index contributed by atoms with van der Waals surface area (Å²) in [5, 5.41) is 9.81. The molecule has 20 heavy (non-hydrogen) atoms. The maximum atomic E-state index is 12.0. The first kappa shape index (κ1) is 15.7. The van der Waals surface area contributed by atoms with E-state index in [0.717, 1.165) is 5.69 Å². The van der Waals surface area contributed by atoms with E-state index < -0.39 is 0 Å². The topological polar surface area (TPSA) is 57.5 Å². The van der Waals surface area contributed by atoms with Gasteiger partial charge in [-0.3, -0.25) is 9.80 Å². The zero-order valence-electron chi connectivity index (χ0n) is 12.5. The Morgan fingerprint density at radius 1 is 1.15 bits per heavy atom. The molecule has 0 bridgehead atoms. The van der Waals surface area contributed by atoms with Crippen molar-refractivity contribution in [2.45, 2.75) is 6.92 Å². The molecule has 6 heteroatoms. The van der Waals surface area contributed by atoms with Crippen molar-refractivity contribution in [2.24, 2.45) is 10.3 Å². The van der Waals surface area contributed by atoms with Gasteiger partial charge in [-0.15, -0.1) is 0 Å². The van der Waals surface area contributed by atoms with Crippen molar-refractivity contribution in [3.05, 3.63) is 30.3 Å². The predicted molar refractivity (Wildman–Crippen MR) is 81.1 cm³/mol. The van der Waals surface area contributed by atoms with Crippen molar-refractivity contribution < 1.29 is 9.63 Å². The fourth-order valence-corrected chi connectivity index (χ4v) is 1.54. The van der Waals surface area contributed by atoms with Crippen LogP contribution in [0.4, 0.5) is 5.69 Å². The molecule has 108 valence electrons. The Hall–Kier alpha value is -2.37. The second-order valence-corrected chi connectivity index (χ2v) is 4.37. The Morgan fingerprint density at radius 2 is 1.75 bits per heavy atom. The summed E-state index contributed by atoms with van der Waals surface area (Å²) in [5.74, 6) is -0.255. The molecule has 1 aromatic rings. The molecule has 1 aromatic carbocycles. The minimum Gasteiger partial charge on any atom is -0.398 e. The van der Waals surface area contributed by atoms with Gasteiger partial charge in [-0.25, -0.2) is 0 Å². The molecule has 1 amide bonds. The summed E-state index contributed by atoms with van der Waals surface area (Å²) in [6, 6.07) is 9.63. The first-order valence-electron chi connectivity index (χ1n) is 6.14. The van der Waals surface area contributed by atoms with Gasteiger partial charge in [-0.05, 0) is 19.1 Å². The SMILES string of the molecule is CO/N=C(C(=O)N(C)C)\C(C)=N\N(C)c1ccccc1. The molecule has 0 aliphatic heterocycles. The number of carbonyl (C=O) groups is 1. The van der Waals surface area contributed by atoms with Crippen LogP contribution in [0.1, 0.15) is 6.92 Å². The molecule has 0 fully saturated rings. The summed E-state index contributed by atoms with van der Waals surface area (Å²) in [4.78, 5) is 18.2. The molecule has 1 rings (SSSR count). The molecule has 0 heterocycles. The summed E-state index contributed by atoms with van der Waals surface area (Å²) in [7, 11) is 6.52. The standard InChI is InChI=1S/C14H20N4O2/c1-11(13(16-20-5)14(19)17(2)3)15-18(4)12-9-7-6-8-10-12/h6-10H,1-5H3/b15-11+,16-13+. The molecule has 0 saturated carbocycles. The third kappa shape index (κ3) is 4.08. The highest BCUT2D eigenvalue weighted by Gasteiger charge is 2.18. The van der Waals surface area contributed by atoms with Crippen molar-refractivity contribution in [2.75, 3.05) is 33.3 Å². The average molecular weight is 276 g/mol. The minimum absolute atomic E-state index is 0.181. The fourth-order valence-electron chi connectivity index (χ4n) is 1.54. The van der Waals surface area contributed by atoms with E-state index in [1.807, 2.05) is 37.4 Å². The van der Waals surface area contributed by atoms with Crippen LogP contribution < -0.4 is 5.01 Å². The fraction of sp³-hybridized carbons (Fsp3) is 0.357. The number of benzene rings is 1. The number of amides is 1. The van der Waals surface area contributed by atoms with Crippen LogP contribution in [0, 0.1) is 0 Å². The maximum absolute atomic E-state index is 12.0. The lowest BCUT2D eigenvalue weighted by atomic mass is 10.2. The van der Waals surface area contributed by atoms with Gasteiger partial charge in [0.1, 0.15) is 7.11 Å². The molecule has 0 aromatic heterocycles. The average Bonchev–Trinajstić information content (AvgIpc) is 2.44. The number of hydrazone groups is 1. The molecule has 0 spiro atoms. The molecular formula is C14H20N4O2. The summed E-state index contributed by atoms with van der Waals surface area (Å²) < 4.78 is 0. The van der Waals surface area contributed by atoms with Crippen molar-refractivity contribution in [1.29, 1.82) is 0 Å². The van der Waals surface area contributed by atoms with E-state index in [-0.39, 0.29) is 11.6 Å². The smallest absolute Gasteiger partial charge is 0.277 e. The summed E-state index contributed by atoms with van der Waals surface area (Å²) in [5.41, 5.74) is 1.58. The second kappa shape index (κ2) is 7.28. The van der Waals surface area contributed by atoms with E-state index in [9.17, 15) is 4.79 Å². The van der Waals surface area contributed by atoms with Crippen molar-refractivity contribution >= 4 is 23.0 Å². The van der Waals surface area contributed by atoms with Crippen LogP contribution in [0.2, 0.25) is 0 Å². The highest BCUT2D eigenvalue weighted by atomic mass is 16.6. The van der Waals surface area contributed by atoms with Gasteiger partial charge in [-0.2, -0.15) is 5.10 Å². The van der Waals surface area contributed by atoms with E-state index in [2.05, 4.69) is 10.3 Å². The monoisotopic (exact) mass is 276 g/mol. The van der Waals surface area contributed by atoms with Crippen LogP contribution in [0.3, 0.4) is 0 Å². The van der Waals surface area contributed by atoms with E-state index in [4.69, 9.17) is 4.84 Å². The lowest BCUT2D eigenvalue weighted by Gasteiger charge is -2.16. The Kier molecular flexibility index (Phi) is 5.71. The van der Waals surface area contributed by atoms with Crippen molar-refractivity contribution in [3.8, 4) is 0 Å². The van der Waals surface area contributed by atoms with Crippen molar-refractivity contribution in [1.82, 2.24) is 4.90 Å². The highest BCUT2D eigenvalue weighted by molar-refractivity contribution is 6.66. The van der Waals surface area contributed by atoms with E-state index >= 15 is 0 Å². The van der Waals surface area contributed by atoms with Gasteiger partial charge >= 0.3 is 0 Å². The number of carbonyl (C=O) groups excluding carboxylic acids is 1. The lowest BCUT2D eigenvalue weighted by Crippen LogP contribution is -2.35.